The van der Waals surface area contributed by atoms with Crippen LogP contribution in [0.2, 0.25) is 0 Å². The quantitative estimate of drug-likeness (QED) is 0.786. The number of nitrogens with one attached hydrogen (secondary N) is 1. The Labute approximate surface area is 117 Å². The van der Waals surface area contributed by atoms with Crippen molar-refractivity contribution in [3.8, 4) is 0 Å². The topological polar surface area (TPSA) is 72.2 Å². The van der Waals surface area contributed by atoms with E-state index in [0.29, 0.717) is 23.0 Å². The van der Waals surface area contributed by atoms with Crippen LogP contribution >= 0.6 is 0 Å². The van der Waals surface area contributed by atoms with E-state index in [2.05, 4.69) is 19.2 Å². The second-order valence-corrected chi connectivity index (χ2v) is 6.63. The van der Waals surface area contributed by atoms with Gasteiger partial charge in [-0.15, -0.1) is 0 Å². The number of hydrogen-bond acceptors (Lipinski definition) is 3. The van der Waals surface area contributed by atoms with Crippen LogP contribution in [0.15, 0.2) is 18.2 Å². The van der Waals surface area contributed by atoms with Gasteiger partial charge in [0.25, 0.3) is 0 Å². The molecule has 106 valence electrons. The van der Waals surface area contributed by atoms with E-state index in [1.54, 1.807) is 6.07 Å². The number of hydrogen-bond donors (Lipinski definition) is 2. The van der Waals surface area contributed by atoms with E-state index in [4.69, 9.17) is 5.73 Å². The van der Waals surface area contributed by atoms with Gasteiger partial charge in [-0.25, -0.2) is 0 Å². The zero-order valence-corrected chi connectivity index (χ0v) is 12.5. The van der Waals surface area contributed by atoms with Crippen LogP contribution in [0.4, 0.5) is 11.4 Å². The Bertz CT molecular complexity index is 452. The molecule has 0 bridgehead atoms. The molecule has 0 radical (unpaired) electrons. The number of carbonyl (C=O) groups is 1. The second kappa shape index (κ2) is 7.28. The Morgan fingerprint density at radius 2 is 2.11 bits per heavy atom. The number of para-hydroxylation sites is 1. The minimum Gasteiger partial charge on any atom is -0.397 e. The van der Waals surface area contributed by atoms with Crippen LogP contribution in [0.25, 0.3) is 0 Å². The van der Waals surface area contributed by atoms with Gasteiger partial charge in [0.15, 0.2) is 0 Å². The monoisotopic (exact) mass is 282 g/mol. The van der Waals surface area contributed by atoms with E-state index in [1.807, 2.05) is 19.1 Å². The minimum absolute atomic E-state index is 0.0283. The normalized spacial score (nSPS) is 12.4. The molecular weight excluding hydrogens is 260 g/mol. The summed E-state index contributed by atoms with van der Waals surface area (Å²) in [4.78, 5) is 11.8. The summed E-state index contributed by atoms with van der Waals surface area (Å²) in [5.41, 5.74) is 7.86. The molecule has 0 aliphatic carbocycles. The summed E-state index contributed by atoms with van der Waals surface area (Å²) in [6.45, 7) is 6.03. The maximum atomic E-state index is 11.8. The first-order valence-electron chi connectivity index (χ1n) is 6.40. The van der Waals surface area contributed by atoms with E-state index in [0.717, 1.165) is 12.0 Å². The smallest absolute Gasteiger partial charge is 0.237 e. The Morgan fingerprint density at radius 1 is 1.42 bits per heavy atom. The highest BCUT2D eigenvalue weighted by molar-refractivity contribution is 7.85. The van der Waals surface area contributed by atoms with E-state index < -0.39 is 10.8 Å². The summed E-state index contributed by atoms with van der Waals surface area (Å²) in [5.74, 6) is 0.844. The molecule has 0 aliphatic heterocycles. The molecule has 0 aromatic heterocycles. The van der Waals surface area contributed by atoms with Crippen molar-refractivity contribution in [1.82, 2.24) is 0 Å². The van der Waals surface area contributed by atoms with Crippen molar-refractivity contribution in [3.05, 3.63) is 23.8 Å². The van der Waals surface area contributed by atoms with Crippen LogP contribution in [0.3, 0.4) is 0 Å². The number of amides is 1. The highest BCUT2D eigenvalue weighted by Gasteiger charge is 2.11. The van der Waals surface area contributed by atoms with Crippen LogP contribution in [-0.2, 0) is 15.6 Å². The predicted octanol–water partition coefficient (Wildman–Crippen LogP) is 2.31. The van der Waals surface area contributed by atoms with Gasteiger partial charge in [-0.2, -0.15) is 0 Å². The minimum atomic E-state index is -1.11. The predicted molar refractivity (Wildman–Crippen MR) is 81.6 cm³/mol. The van der Waals surface area contributed by atoms with E-state index in [9.17, 15) is 9.00 Å². The van der Waals surface area contributed by atoms with Gasteiger partial charge in [-0.3, -0.25) is 9.00 Å². The van der Waals surface area contributed by atoms with Crippen LogP contribution < -0.4 is 11.1 Å². The number of carbonyl (C=O) groups excluding carboxylic acids is 1. The SMILES string of the molecule is Cc1cccc(N)c1NC(=O)CS(=O)CCC(C)C. The number of rotatable bonds is 6. The first-order valence-corrected chi connectivity index (χ1v) is 7.89. The first kappa shape index (κ1) is 15.7. The summed E-state index contributed by atoms with van der Waals surface area (Å²) in [6, 6.07) is 5.45. The highest BCUT2D eigenvalue weighted by Crippen LogP contribution is 2.22. The number of benzene rings is 1. The van der Waals surface area contributed by atoms with Gasteiger partial charge in [-0.1, -0.05) is 26.0 Å². The van der Waals surface area contributed by atoms with Gasteiger partial charge in [-0.05, 0) is 30.9 Å². The standard InChI is InChI=1S/C14H22N2O2S/c1-10(2)7-8-19(18)9-13(17)16-14-11(3)5-4-6-12(14)15/h4-6,10H,7-9,15H2,1-3H3,(H,16,17). The number of nitrogen functional groups attached to an aromatic ring is 1. The molecule has 4 nitrogen and oxygen atoms in total. The van der Waals surface area contributed by atoms with Gasteiger partial charge >= 0.3 is 0 Å². The second-order valence-electron chi connectivity index (χ2n) is 5.06. The molecule has 0 spiro atoms. The van der Waals surface area contributed by atoms with Gasteiger partial charge in [0.1, 0.15) is 5.75 Å². The van der Waals surface area contributed by atoms with Crippen molar-refractivity contribution in [2.75, 3.05) is 22.6 Å². The van der Waals surface area contributed by atoms with Gasteiger partial charge in [0.05, 0.1) is 11.4 Å². The summed E-state index contributed by atoms with van der Waals surface area (Å²) < 4.78 is 11.7. The first-order chi connectivity index (χ1) is 8.90. The average molecular weight is 282 g/mol. The Kier molecular flexibility index (Phi) is 6.02. The molecule has 1 aromatic rings. The lowest BCUT2D eigenvalue weighted by Gasteiger charge is -2.11. The zero-order chi connectivity index (χ0) is 14.4. The fraction of sp³-hybridized carbons (Fsp3) is 0.500. The lowest BCUT2D eigenvalue weighted by molar-refractivity contribution is -0.113. The van der Waals surface area contributed by atoms with E-state index >= 15 is 0 Å². The number of anilines is 2. The molecule has 1 atom stereocenters. The summed E-state index contributed by atoms with van der Waals surface area (Å²) in [6.07, 6.45) is 0.867. The van der Waals surface area contributed by atoms with Crippen molar-refractivity contribution in [3.63, 3.8) is 0 Å². The van der Waals surface area contributed by atoms with Gasteiger partial charge in [0.2, 0.25) is 5.91 Å². The molecule has 3 N–H and O–H groups in total. The van der Waals surface area contributed by atoms with Crippen molar-refractivity contribution in [2.24, 2.45) is 5.92 Å². The Morgan fingerprint density at radius 3 is 2.68 bits per heavy atom. The van der Waals surface area contributed by atoms with Gasteiger partial charge in [0, 0.05) is 16.6 Å². The third-order valence-corrected chi connectivity index (χ3v) is 4.06. The summed E-state index contributed by atoms with van der Waals surface area (Å²) in [5, 5.41) is 2.74. The zero-order valence-electron chi connectivity index (χ0n) is 11.7. The van der Waals surface area contributed by atoms with Crippen molar-refractivity contribution < 1.29 is 9.00 Å². The van der Waals surface area contributed by atoms with Crippen molar-refractivity contribution in [1.29, 1.82) is 0 Å². The lowest BCUT2D eigenvalue weighted by Crippen LogP contribution is -2.22. The fourth-order valence-electron chi connectivity index (χ4n) is 1.62. The van der Waals surface area contributed by atoms with Crippen molar-refractivity contribution in [2.45, 2.75) is 27.2 Å². The Balaban J connectivity index is 2.54. The highest BCUT2D eigenvalue weighted by atomic mass is 32.2. The Hall–Kier alpha value is -1.36. The molecular formula is C14H22N2O2S. The molecule has 1 aromatic carbocycles. The van der Waals surface area contributed by atoms with Crippen LogP contribution in [0, 0.1) is 12.8 Å². The average Bonchev–Trinajstić information content (AvgIpc) is 2.31. The van der Waals surface area contributed by atoms with E-state index in [1.165, 1.54) is 0 Å². The van der Waals surface area contributed by atoms with Crippen molar-refractivity contribution >= 4 is 28.1 Å². The third-order valence-electron chi connectivity index (χ3n) is 2.78. The molecule has 0 fully saturated rings. The van der Waals surface area contributed by atoms with Crippen LogP contribution in [0.1, 0.15) is 25.8 Å². The maximum absolute atomic E-state index is 11.8. The summed E-state index contributed by atoms with van der Waals surface area (Å²) in [7, 11) is -1.11. The lowest BCUT2D eigenvalue weighted by atomic mass is 10.1. The molecule has 1 rings (SSSR count). The molecule has 19 heavy (non-hydrogen) atoms. The number of nitrogens with two attached hydrogens (primary N) is 1. The van der Waals surface area contributed by atoms with E-state index in [-0.39, 0.29) is 11.7 Å². The molecule has 1 amide bonds. The summed E-state index contributed by atoms with van der Waals surface area (Å²) >= 11 is 0. The largest absolute Gasteiger partial charge is 0.397 e. The molecule has 5 heteroatoms. The molecule has 0 saturated heterocycles. The van der Waals surface area contributed by atoms with Crippen LogP contribution in [-0.4, -0.2) is 21.6 Å². The maximum Gasteiger partial charge on any atom is 0.237 e. The molecule has 1 unspecified atom stereocenters. The third kappa shape index (κ3) is 5.42. The van der Waals surface area contributed by atoms with Gasteiger partial charge < -0.3 is 11.1 Å². The molecule has 0 heterocycles. The number of aryl methyl sites for hydroxylation is 1. The molecule has 0 aliphatic rings. The van der Waals surface area contributed by atoms with Crippen LogP contribution in [0.5, 0.6) is 0 Å². The fourth-order valence-corrected chi connectivity index (χ4v) is 2.87. The molecule has 0 saturated carbocycles.